The molecule has 0 unspecified atom stereocenters. The monoisotopic (exact) mass is 317 g/mol. The van der Waals surface area contributed by atoms with Crippen molar-refractivity contribution < 1.29 is 4.74 Å². The van der Waals surface area contributed by atoms with E-state index >= 15 is 0 Å². The number of methoxy groups -OCH3 is 1. The van der Waals surface area contributed by atoms with Crippen molar-refractivity contribution in [2.75, 3.05) is 13.7 Å². The third-order valence-corrected chi connectivity index (χ3v) is 4.43. The smallest absolute Gasteiger partial charge is 0.278 e. The van der Waals surface area contributed by atoms with Crippen molar-refractivity contribution in [1.82, 2.24) is 14.5 Å². The Kier molecular flexibility index (Phi) is 4.22. The lowest BCUT2D eigenvalue weighted by Gasteiger charge is -2.12. The van der Waals surface area contributed by atoms with Gasteiger partial charge in [0.05, 0.1) is 13.2 Å². The van der Waals surface area contributed by atoms with Crippen LogP contribution in [0.1, 0.15) is 13.8 Å². The molecule has 1 N–H and O–H groups in total. The zero-order valence-electron chi connectivity index (χ0n) is 12.9. The summed E-state index contributed by atoms with van der Waals surface area (Å²) >= 11 is 1.60. The fourth-order valence-corrected chi connectivity index (χ4v) is 3.32. The van der Waals surface area contributed by atoms with Crippen molar-refractivity contribution in [3.63, 3.8) is 0 Å². The van der Waals surface area contributed by atoms with Gasteiger partial charge >= 0.3 is 0 Å². The summed E-state index contributed by atoms with van der Waals surface area (Å²) < 4.78 is 6.83. The summed E-state index contributed by atoms with van der Waals surface area (Å²) in [6, 6.07) is 7.86. The summed E-state index contributed by atoms with van der Waals surface area (Å²) in [5.74, 6) is 0. The first-order chi connectivity index (χ1) is 10.6. The highest BCUT2D eigenvalue weighted by molar-refractivity contribution is 7.99. The number of benzene rings is 1. The average molecular weight is 317 g/mol. The molecule has 0 radical (unpaired) electrons. The minimum absolute atomic E-state index is 0.0404. The molecule has 0 amide bonds. The molecule has 0 atom stereocenters. The highest BCUT2D eigenvalue weighted by Crippen LogP contribution is 2.26. The van der Waals surface area contributed by atoms with Crippen LogP contribution in [0.25, 0.3) is 21.9 Å². The summed E-state index contributed by atoms with van der Waals surface area (Å²) in [6.07, 6.45) is 0. The molecule has 0 bridgehead atoms. The third-order valence-electron chi connectivity index (χ3n) is 3.44. The van der Waals surface area contributed by atoms with E-state index in [1.165, 1.54) is 0 Å². The summed E-state index contributed by atoms with van der Waals surface area (Å²) in [5, 5.41) is 2.08. The molecule has 2 heterocycles. The topological polar surface area (TPSA) is 59.9 Å². The Morgan fingerprint density at radius 2 is 2.14 bits per heavy atom. The van der Waals surface area contributed by atoms with Gasteiger partial charge in [-0.1, -0.05) is 43.8 Å². The second kappa shape index (κ2) is 6.14. The first kappa shape index (κ1) is 15.1. The zero-order valence-corrected chi connectivity index (χ0v) is 13.7. The molecule has 3 rings (SSSR count). The van der Waals surface area contributed by atoms with Crippen LogP contribution in [0.5, 0.6) is 0 Å². The number of aromatic amines is 1. The number of nitrogens with zero attached hydrogens (tertiary/aromatic N) is 2. The molecule has 2 aromatic heterocycles. The standard InChI is InChI=1S/C16H19N3O2S/c1-10(2)22-16-18-13-11-6-4-5-7-12(11)17-14(13)15(20)19(16)8-9-21-3/h4-7,10,17H,8-9H2,1-3H3. The Hall–Kier alpha value is -1.79. The minimum atomic E-state index is -0.0404. The van der Waals surface area contributed by atoms with E-state index in [2.05, 4.69) is 18.8 Å². The van der Waals surface area contributed by atoms with Gasteiger partial charge in [-0.25, -0.2) is 4.98 Å². The maximum Gasteiger partial charge on any atom is 0.278 e. The van der Waals surface area contributed by atoms with Crippen LogP contribution in [-0.4, -0.2) is 33.5 Å². The lowest BCUT2D eigenvalue weighted by Crippen LogP contribution is -2.25. The van der Waals surface area contributed by atoms with Crippen LogP contribution in [0.15, 0.2) is 34.2 Å². The van der Waals surface area contributed by atoms with Gasteiger partial charge in [-0.2, -0.15) is 0 Å². The Morgan fingerprint density at radius 3 is 2.86 bits per heavy atom. The van der Waals surface area contributed by atoms with Crippen LogP contribution in [0.3, 0.4) is 0 Å². The molecule has 1 aromatic carbocycles. The predicted octanol–water partition coefficient (Wildman–Crippen LogP) is 3.02. The van der Waals surface area contributed by atoms with Crippen molar-refractivity contribution >= 4 is 33.7 Å². The van der Waals surface area contributed by atoms with E-state index in [9.17, 15) is 4.79 Å². The molecule has 0 spiro atoms. The molecule has 0 fully saturated rings. The van der Waals surface area contributed by atoms with E-state index in [0.29, 0.717) is 23.9 Å². The lowest BCUT2D eigenvalue weighted by molar-refractivity contribution is 0.183. The number of nitrogens with one attached hydrogen (secondary N) is 1. The highest BCUT2D eigenvalue weighted by atomic mass is 32.2. The maximum atomic E-state index is 12.8. The molecule has 22 heavy (non-hydrogen) atoms. The SMILES string of the molecule is COCCn1c(SC(C)C)nc2c([nH]c3ccccc32)c1=O. The largest absolute Gasteiger partial charge is 0.383 e. The second-order valence-corrected chi connectivity index (χ2v) is 6.95. The van der Waals surface area contributed by atoms with E-state index in [4.69, 9.17) is 9.72 Å². The quantitative estimate of drug-likeness (QED) is 0.580. The van der Waals surface area contributed by atoms with Gasteiger partial charge in [0.15, 0.2) is 5.16 Å². The maximum absolute atomic E-state index is 12.8. The average Bonchev–Trinajstić information content (AvgIpc) is 2.86. The Labute approximate surface area is 132 Å². The minimum Gasteiger partial charge on any atom is -0.383 e. The number of rotatable bonds is 5. The molecule has 6 heteroatoms. The van der Waals surface area contributed by atoms with Crippen LogP contribution >= 0.6 is 11.8 Å². The molecule has 0 aliphatic heterocycles. The molecule has 0 saturated carbocycles. The number of ether oxygens (including phenoxy) is 1. The molecule has 0 aliphatic carbocycles. The predicted molar refractivity (Wildman–Crippen MR) is 90.7 cm³/mol. The second-order valence-electron chi connectivity index (χ2n) is 5.40. The Balaban J connectivity index is 2.28. The number of hydrogen-bond donors (Lipinski definition) is 1. The lowest BCUT2D eigenvalue weighted by atomic mass is 10.2. The number of H-pyrrole nitrogens is 1. The van der Waals surface area contributed by atoms with Crippen LogP contribution < -0.4 is 5.56 Å². The first-order valence-electron chi connectivity index (χ1n) is 7.28. The van der Waals surface area contributed by atoms with Crippen LogP contribution in [-0.2, 0) is 11.3 Å². The van der Waals surface area contributed by atoms with E-state index in [1.54, 1.807) is 23.4 Å². The molecule has 3 aromatic rings. The van der Waals surface area contributed by atoms with Gasteiger partial charge in [0.1, 0.15) is 11.0 Å². The van der Waals surface area contributed by atoms with E-state index in [0.717, 1.165) is 21.6 Å². The molecule has 5 nitrogen and oxygen atoms in total. The van der Waals surface area contributed by atoms with E-state index in [-0.39, 0.29) is 5.56 Å². The Bertz CT molecular complexity index is 867. The van der Waals surface area contributed by atoms with Gasteiger partial charge in [0.25, 0.3) is 5.56 Å². The van der Waals surface area contributed by atoms with Gasteiger partial charge in [-0.15, -0.1) is 0 Å². The van der Waals surface area contributed by atoms with Crippen LogP contribution in [0.4, 0.5) is 0 Å². The van der Waals surface area contributed by atoms with E-state index < -0.39 is 0 Å². The van der Waals surface area contributed by atoms with Crippen molar-refractivity contribution in [1.29, 1.82) is 0 Å². The number of aromatic nitrogens is 3. The number of hydrogen-bond acceptors (Lipinski definition) is 4. The highest BCUT2D eigenvalue weighted by Gasteiger charge is 2.16. The van der Waals surface area contributed by atoms with Gasteiger partial charge in [-0.3, -0.25) is 9.36 Å². The Morgan fingerprint density at radius 1 is 1.36 bits per heavy atom. The van der Waals surface area contributed by atoms with Gasteiger partial charge in [-0.05, 0) is 6.07 Å². The zero-order chi connectivity index (χ0) is 15.7. The molecular formula is C16H19N3O2S. The molecule has 0 aliphatic rings. The summed E-state index contributed by atoms with van der Waals surface area (Å²) in [7, 11) is 1.63. The van der Waals surface area contributed by atoms with E-state index in [1.807, 2.05) is 24.3 Å². The van der Waals surface area contributed by atoms with Crippen LogP contribution in [0.2, 0.25) is 0 Å². The fraction of sp³-hybridized carbons (Fsp3) is 0.375. The summed E-state index contributed by atoms with van der Waals surface area (Å²) in [6.45, 7) is 5.18. The van der Waals surface area contributed by atoms with Crippen molar-refractivity contribution in [2.45, 2.75) is 30.8 Å². The van der Waals surface area contributed by atoms with Crippen molar-refractivity contribution in [3.8, 4) is 0 Å². The summed E-state index contributed by atoms with van der Waals surface area (Å²) in [4.78, 5) is 20.8. The van der Waals surface area contributed by atoms with Crippen molar-refractivity contribution in [3.05, 3.63) is 34.6 Å². The number of fused-ring (bicyclic) bond motifs is 3. The molecular weight excluding hydrogens is 298 g/mol. The normalized spacial score (nSPS) is 11.8. The van der Waals surface area contributed by atoms with Crippen LogP contribution in [0, 0.1) is 0 Å². The number of thioether (sulfide) groups is 1. The van der Waals surface area contributed by atoms with Gasteiger partial charge in [0.2, 0.25) is 0 Å². The number of para-hydroxylation sites is 1. The molecule has 0 saturated heterocycles. The first-order valence-corrected chi connectivity index (χ1v) is 8.16. The summed E-state index contributed by atoms with van der Waals surface area (Å²) in [5.41, 5.74) is 2.20. The van der Waals surface area contributed by atoms with Crippen molar-refractivity contribution in [2.24, 2.45) is 0 Å². The van der Waals surface area contributed by atoms with Gasteiger partial charge in [0, 0.05) is 23.3 Å². The molecule has 116 valence electrons. The fourth-order valence-electron chi connectivity index (χ4n) is 2.46. The third kappa shape index (κ3) is 2.64. The van der Waals surface area contributed by atoms with Gasteiger partial charge < -0.3 is 9.72 Å².